The molecular formula is C15H20N4O. The van der Waals surface area contributed by atoms with Gasteiger partial charge in [0.05, 0.1) is 12.6 Å². The Bertz CT molecular complexity index is 546. The molecule has 0 aliphatic carbocycles. The summed E-state index contributed by atoms with van der Waals surface area (Å²) in [6.45, 7) is 4.57. The summed E-state index contributed by atoms with van der Waals surface area (Å²) in [4.78, 5) is 11.8. The van der Waals surface area contributed by atoms with Crippen LogP contribution in [0.4, 0.5) is 5.69 Å². The van der Waals surface area contributed by atoms with E-state index in [0.717, 1.165) is 11.3 Å². The van der Waals surface area contributed by atoms with Crippen molar-refractivity contribution >= 4 is 11.6 Å². The van der Waals surface area contributed by atoms with Gasteiger partial charge in [-0.1, -0.05) is 26.0 Å². The maximum absolute atomic E-state index is 11.8. The second-order valence-electron chi connectivity index (χ2n) is 5.16. The van der Waals surface area contributed by atoms with Crippen molar-refractivity contribution in [1.82, 2.24) is 9.78 Å². The highest BCUT2D eigenvalue weighted by atomic mass is 16.2. The smallest absolute Gasteiger partial charge is 0.241 e. The summed E-state index contributed by atoms with van der Waals surface area (Å²) >= 11 is 0. The van der Waals surface area contributed by atoms with Crippen LogP contribution in [-0.2, 0) is 11.3 Å². The van der Waals surface area contributed by atoms with Crippen LogP contribution in [0, 0.1) is 5.92 Å². The lowest BCUT2D eigenvalue weighted by molar-refractivity contribution is -0.118. The van der Waals surface area contributed by atoms with Crippen LogP contribution in [-0.4, -0.2) is 21.7 Å². The monoisotopic (exact) mass is 272 g/mol. The van der Waals surface area contributed by atoms with Crippen LogP contribution in [0.2, 0.25) is 0 Å². The maximum atomic E-state index is 11.8. The van der Waals surface area contributed by atoms with Gasteiger partial charge in [0.1, 0.15) is 0 Å². The molecule has 0 saturated carbocycles. The van der Waals surface area contributed by atoms with E-state index in [1.807, 2.05) is 55.1 Å². The van der Waals surface area contributed by atoms with Crippen LogP contribution in [0.3, 0.4) is 0 Å². The van der Waals surface area contributed by atoms with E-state index >= 15 is 0 Å². The van der Waals surface area contributed by atoms with Crippen molar-refractivity contribution in [2.75, 3.05) is 5.32 Å². The molecule has 2 aromatic rings. The van der Waals surface area contributed by atoms with Crippen LogP contribution < -0.4 is 11.1 Å². The molecule has 0 fully saturated rings. The predicted molar refractivity (Wildman–Crippen MR) is 79.2 cm³/mol. The van der Waals surface area contributed by atoms with Gasteiger partial charge >= 0.3 is 0 Å². The van der Waals surface area contributed by atoms with E-state index in [1.165, 1.54) is 0 Å². The Morgan fingerprint density at radius 3 is 2.60 bits per heavy atom. The van der Waals surface area contributed by atoms with E-state index in [9.17, 15) is 4.79 Å². The lowest BCUT2D eigenvalue weighted by Gasteiger charge is -2.15. The molecule has 106 valence electrons. The Kier molecular flexibility index (Phi) is 4.53. The Morgan fingerprint density at radius 2 is 2.05 bits per heavy atom. The number of carbonyl (C=O) groups is 1. The van der Waals surface area contributed by atoms with Gasteiger partial charge in [-0.15, -0.1) is 0 Å². The fourth-order valence-electron chi connectivity index (χ4n) is 1.80. The average Bonchev–Trinajstić information content (AvgIpc) is 2.92. The Labute approximate surface area is 118 Å². The van der Waals surface area contributed by atoms with Crippen molar-refractivity contribution in [3.05, 3.63) is 48.3 Å². The van der Waals surface area contributed by atoms with Gasteiger partial charge in [0.15, 0.2) is 0 Å². The van der Waals surface area contributed by atoms with Gasteiger partial charge in [0, 0.05) is 18.1 Å². The van der Waals surface area contributed by atoms with Crippen molar-refractivity contribution < 1.29 is 4.79 Å². The molecule has 0 aliphatic heterocycles. The molecule has 3 N–H and O–H groups in total. The molecule has 20 heavy (non-hydrogen) atoms. The highest BCUT2D eigenvalue weighted by molar-refractivity contribution is 5.94. The first-order chi connectivity index (χ1) is 9.56. The number of benzene rings is 1. The minimum atomic E-state index is -0.487. The largest absolute Gasteiger partial charge is 0.325 e. The van der Waals surface area contributed by atoms with Gasteiger partial charge in [-0.05, 0) is 29.7 Å². The lowest BCUT2D eigenvalue weighted by atomic mass is 10.0. The van der Waals surface area contributed by atoms with Crippen molar-refractivity contribution in [3.63, 3.8) is 0 Å². The molecular weight excluding hydrogens is 252 g/mol. The Hall–Kier alpha value is -2.14. The number of anilines is 1. The van der Waals surface area contributed by atoms with Crippen LogP contribution in [0.1, 0.15) is 19.4 Å². The molecule has 1 aromatic heterocycles. The lowest BCUT2D eigenvalue weighted by Crippen LogP contribution is -2.39. The van der Waals surface area contributed by atoms with Crippen LogP contribution in [0.15, 0.2) is 42.7 Å². The first-order valence-electron chi connectivity index (χ1n) is 6.69. The van der Waals surface area contributed by atoms with Crippen molar-refractivity contribution in [2.45, 2.75) is 26.4 Å². The summed E-state index contributed by atoms with van der Waals surface area (Å²) < 4.78 is 1.85. The fourth-order valence-corrected chi connectivity index (χ4v) is 1.80. The quantitative estimate of drug-likeness (QED) is 0.872. The van der Waals surface area contributed by atoms with E-state index in [0.29, 0.717) is 6.54 Å². The minimum absolute atomic E-state index is 0.120. The molecule has 0 bridgehead atoms. The summed E-state index contributed by atoms with van der Waals surface area (Å²) in [7, 11) is 0. The molecule has 0 aliphatic rings. The van der Waals surface area contributed by atoms with Gasteiger partial charge < -0.3 is 11.1 Å². The predicted octanol–water partition coefficient (Wildman–Crippen LogP) is 1.85. The maximum Gasteiger partial charge on any atom is 0.241 e. The summed E-state index contributed by atoms with van der Waals surface area (Å²) in [5.41, 5.74) is 7.69. The normalized spacial score (nSPS) is 12.4. The molecule has 1 aromatic carbocycles. The number of amides is 1. The third-order valence-electron chi connectivity index (χ3n) is 3.15. The molecule has 5 nitrogen and oxygen atoms in total. The first-order valence-corrected chi connectivity index (χ1v) is 6.69. The van der Waals surface area contributed by atoms with Gasteiger partial charge in [0.2, 0.25) is 5.91 Å². The number of hydrogen-bond donors (Lipinski definition) is 2. The zero-order chi connectivity index (χ0) is 14.5. The molecule has 0 spiro atoms. The average molecular weight is 272 g/mol. The summed E-state index contributed by atoms with van der Waals surface area (Å²) in [6.07, 6.45) is 3.67. The van der Waals surface area contributed by atoms with E-state index in [-0.39, 0.29) is 11.8 Å². The summed E-state index contributed by atoms with van der Waals surface area (Å²) in [5, 5.41) is 6.98. The highest BCUT2D eigenvalue weighted by Crippen LogP contribution is 2.11. The van der Waals surface area contributed by atoms with Crippen molar-refractivity contribution in [3.8, 4) is 0 Å². The highest BCUT2D eigenvalue weighted by Gasteiger charge is 2.16. The number of rotatable bonds is 5. The molecule has 0 unspecified atom stereocenters. The van der Waals surface area contributed by atoms with Crippen molar-refractivity contribution in [1.29, 1.82) is 0 Å². The number of aromatic nitrogens is 2. The van der Waals surface area contributed by atoms with E-state index in [4.69, 9.17) is 5.73 Å². The molecule has 1 heterocycles. The zero-order valence-corrected chi connectivity index (χ0v) is 11.8. The van der Waals surface area contributed by atoms with E-state index in [2.05, 4.69) is 10.4 Å². The van der Waals surface area contributed by atoms with Crippen LogP contribution >= 0.6 is 0 Å². The van der Waals surface area contributed by atoms with E-state index < -0.39 is 6.04 Å². The number of nitrogens with zero attached hydrogens (tertiary/aromatic N) is 2. The van der Waals surface area contributed by atoms with E-state index in [1.54, 1.807) is 6.20 Å². The second kappa shape index (κ2) is 6.34. The molecule has 5 heteroatoms. The van der Waals surface area contributed by atoms with Crippen LogP contribution in [0.5, 0.6) is 0 Å². The summed E-state index contributed by atoms with van der Waals surface area (Å²) in [5.74, 6) is -0.0334. The molecule has 1 atom stereocenters. The second-order valence-corrected chi connectivity index (χ2v) is 5.16. The number of nitrogens with two attached hydrogens (primary N) is 1. The number of nitrogens with one attached hydrogen (secondary N) is 1. The standard InChI is InChI=1S/C15H20N4O/c1-11(2)14(16)15(20)18-13-6-4-12(5-7-13)10-19-9-3-8-17-19/h3-9,11,14H,10,16H2,1-2H3,(H,18,20)/t14-/m0/s1. The topological polar surface area (TPSA) is 72.9 Å². The molecule has 0 radical (unpaired) electrons. The SMILES string of the molecule is CC(C)[C@H](N)C(=O)Nc1ccc(Cn2cccn2)cc1. The van der Waals surface area contributed by atoms with Gasteiger partial charge in [0.25, 0.3) is 0 Å². The van der Waals surface area contributed by atoms with Crippen LogP contribution in [0.25, 0.3) is 0 Å². The third-order valence-corrected chi connectivity index (χ3v) is 3.15. The first kappa shape index (κ1) is 14.3. The fraction of sp³-hybridized carbons (Fsp3) is 0.333. The minimum Gasteiger partial charge on any atom is -0.325 e. The Balaban J connectivity index is 1.96. The molecule has 2 rings (SSSR count). The van der Waals surface area contributed by atoms with Crippen molar-refractivity contribution in [2.24, 2.45) is 11.7 Å². The van der Waals surface area contributed by atoms with Gasteiger partial charge in [-0.3, -0.25) is 9.48 Å². The summed E-state index contributed by atoms with van der Waals surface area (Å²) in [6, 6.07) is 9.10. The number of hydrogen-bond acceptors (Lipinski definition) is 3. The number of carbonyl (C=O) groups excluding carboxylic acids is 1. The zero-order valence-electron chi connectivity index (χ0n) is 11.8. The molecule has 1 amide bonds. The van der Waals surface area contributed by atoms with Gasteiger partial charge in [-0.2, -0.15) is 5.10 Å². The molecule has 0 saturated heterocycles. The van der Waals surface area contributed by atoms with Gasteiger partial charge in [-0.25, -0.2) is 0 Å². The Morgan fingerprint density at radius 1 is 1.35 bits per heavy atom. The third kappa shape index (κ3) is 3.68.